The van der Waals surface area contributed by atoms with E-state index in [-0.39, 0.29) is 24.2 Å². The minimum Gasteiger partial charge on any atom is -0.480 e. The van der Waals surface area contributed by atoms with Crippen molar-refractivity contribution in [2.24, 2.45) is 34.0 Å². The first-order valence-corrected chi connectivity index (χ1v) is 12.8. The number of carboxylic acids is 1. The van der Waals surface area contributed by atoms with Crippen LogP contribution >= 0.6 is 0 Å². The lowest BCUT2D eigenvalue weighted by Gasteiger charge is -2.27. The third-order valence-corrected chi connectivity index (χ3v) is 5.79. The first-order valence-electron chi connectivity index (χ1n) is 12.8. The van der Waals surface area contributed by atoms with Gasteiger partial charge < -0.3 is 38.3 Å². The summed E-state index contributed by atoms with van der Waals surface area (Å²) in [5, 5.41) is 17.6. The lowest BCUT2D eigenvalue weighted by atomic mass is 9.98. The molecule has 212 valence electrons. The van der Waals surface area contributed by atoms with Gasteiger partial charge in [0.25, 0.3) is 0 Å². The fraction of sp³-hybridized carbons (Fsp3) is 0.577. The highest BCUT2D eigenvalue weighted by atomic mass is 16.4. The SMILES string of the molecule is CC(C)CC(NC(=O)C(N)CCCN=C(N)N)C(=O)NC(C(=O)NC(Cc1ccccc1)C(=O)O)C(C)C. The van der Waals surface area contributed by atoms with Crippen LogP contribution in [-0.4, -0.2) is 65.5 Å². The van der Waals surface area contributed by atoms with Gasteiger partial charge in [-0.1, -0.05) is 58.0 Å². The average molecular weight is 534 g/mol. The second kappa shape index (κ2) is 16.2. The van der Waals surface area contributed by atoms with E-state index in [2.05, 4.69) is 20.9 Å². The molecule has 0 fully saturated rings. The summed E-state index contributed by atoms with van der Waals surface area (Å²) in [6, 6.07) is 4.94. The second-order valence-electron chi connectivity index (χ2n) is 10.1. The minimum atomic E-state index is -1.19. The van der Waals surface area contributed by atoms with Crippen LogP contribution in [0.15, 0.2) is 35.3 Å². The molecule has 4 atom stereocenters. The van der Waals surface area contributed by atoms with E-state index in [4.69, 9.17) is 17.2 Å². The molecule has 4 unspecified atom stereocenters. The Kier molecular flexibility index (Phi) is 13.8. The molecule has 0 aromatic heterocycles. The number of benzene rings is 1. The number of carbonyl (C=O) groups excluding carboxylic acids is 3. The van der Waals surface area contributed by atoms with Crippen molar-refractivity contribution in [3.63, 3.8) is 0 Å². The van der Waals surface area contributed by atoms with E-state index in [0.29, 0.717) is 25.8 Å². The number of hydrogen-bond donors (Lipinski definition) is 7. The highest BCUT2D eigenvalue weighted by molar-refractivity contribution is 5.94. The Morgan fingerprint density at radius 2 is 1.50 bits per heavy atom. The molecule has 0 saturated carbocycles. The summed E-state index contributed by atoms with van der Waals surface area (Å²) in [4.78, 5) is 54.6. The van der Waals surface area contributed by atoms with Crippen LogP contribution in [0.1, 0.15) is 52.5 Å². The topological polar surface area (TPSA) is 215 Å². The third kappa shape index (κ3) is 12.0. The van der Waals surface area contributed by atoms with E-state index in [1.54, 1.807) is 38.1 Å². The van der Waals surface area contributed by atoms with Crippen LogP contribution in [0.2, 0.25) is 0 Å². The number of nitrogens with one attached hydrogen (secondary N) is 3. The molecule has 12 heteroatoms. The fourth-order valence-corrected chi connectivity index (χ4v) is 3.73. The Balaban J connectivity index is 2.89. The Bertz CT molecular complexity index is 949. The third-order valence-electron chi connectivity index (χ3n) is 5.79. The van der Waals surface area contributed by atoms with Crippen LogP contribution < -0.4 is 33.2 Å². The highest BCUT2D eigenvalue weighted by Crippen LogP contribution is 2.10. The average Bonchev–Trinajstić information content (AvgIpc) is 2.83. The lowest BCUT2D eigenvalue weighted by molar-refractivity contribution is -0.142. The van der Waals surface area contributed by atoms with Crippen molar-refractivity contribution >= 4 is 29.7 Å². The van der Waals surface area contributed by atoms with Crippen molar-refractivity contribution in [2.75, 3.05) is 6.54 Å². The van der Waals surface area contributed by atoms with Crippen LogP contribution in [0.3, 0.4) is 0 Å². The highest BCUT2D eigenvalue weighted by Gasteiger charge is 2.32. The molecule has 10 N–H and O–H groups in total. The lowest BCUT2D eigenvalue weighted by Crippen LogP contribution is -2.58. The Morgan fingerprint density at radius 1 is 0.895 bits per heavy atom. The maximum absolute atomic E-state index is 13.2. The monoisotopic (exact) mass is 533 g/mol. The molecular formula is C26H43N7O5. The van der Waals surface area contributed by atoms with Gasteiger partial charge in [-0.2, -0.15) is 0 Å². The smallest absolute Gasteiger partial charge is 0.326 e. The number of hydrogen-bond acceptors (Lipinski definition) is 6. The van der Waals surface area contributed by atoms with Crippen LogP contribution in [0.5, 0.6) is 0 Å². The van der Waals surface area contributed by atoms with Crippen LogP contribution in [0.25, 0.3) is 0 Å². The molecule has 1 aromatic rings. The number of aliphatic carboxylic acids is 1. The van der Waals surface area contributed by atoms with Crippen molar-refractivity contribution in [1.82, 2.24) is 16.0 Å². The molecule has 0 heterocycles. The number of guanidine groups is 1. The van der Waals surface area contributed by atoms with E-state index >= 15 is 0 Å². The van der Waals surface area contributed by atoms with Crippen LogP contribution in [0.4, 0.5) is 0 Å². The summed E-state index contributed by atoms with van der Waals surface area (Å²) in [6.45, 7) is 7.59. The Morgan fingerprint density at radius 3 is 2.03 bits per heavy atom. The van der Waals surface area contributed by atoms with Gasteiger partial charge in [0.05, 0.1) is 6.04 Å². The number of amides is 3. The number of carbonyl (C=O) groups is 4. The van der Waals surface area contributed by atoms with Crippen molar-refractivity contribution in [3.8, 4) is 0 Å². The molecule has 3 amide bonds. The van der Waals surface area contributed by atoms with Gasteiger partial charge in [-0.3, -0.25) is 19.4 Å². The fourth-order valence-electron chi connectivity index (χ4n) is 3.73. The zero-order valence-corrected chi connectivity index (χ0v) is 22.6. The Hall–Kier alpha value is -3.67. The number of carboxylic acid groups (broad SMARTS) is 1. The van der Waals surface area contributed by atoms with Gasteiger partial charge in [0, 0.05) is 13.0 Å². The molecule has 1 rings (SSSR count). The minimum absolute atomic E-state index is 0.0461. The van der Waals surface area contributed by atoms with Crippen LogP contribution in [0, 0.1) is 11.8 Å². The van der Waals surface area contributed by atoms with Gasteiger partial charge in [0.2, 0.25) is 17.7 Å². The van der Waals surface area contributed by atoms with Gasteiger partial charge in [-0.05, 0) is 36.7 Å². The predicted molar refractivity (Wildman–Crippen MR) is 146 cm³/mol. The summed E-state index contributed by atoms with van der Waals surface area (Å²) in [5.41, 5.74) is 17.3. The molecule has 0 saturated heterocycles. The summed E-state index contributed by atoms with van der Waals surface area (Å²) in [7, 11) is 0. The van der Waals surface area contributed by atoms with Gasteiger partial charge in [-0.15, -0.1) is 0 Å². The predicted octanol–water partition coefficient (Wildman–Crippen LogP) is -0.149. The molecule has 0 aliphatic rings. The van der Waals surface area contributed by atoms with E-state index in [1.165, 1.54) is 0 Å². The number of aliphatic imine (C=N–C) groups is 1. The summed E-state index contributed by atoms with van der Waals surface area (Å²) < 4.78 is 0. The number of rotatable bonds is 16. The standard InChI is InChI=1S/C26H43N7O5/c1-15(2)13-19(31-22(34)18(27)11-8-12-30-26(28)29)23(35)33-21(16(3)4)24(36)32-20(25(37)38)14-17-9-6-5-7-10-17/h5-7,9-10,15-16,18-21H,8,11-14,27H2,1-4H3,(H,31,34)(H,32,36)(H,33,35)(H,37,38)(H4,28,29,30). The van der Waals surface area contributed by atoms with Crippen molar-refractivity contribution in [2.45, 2.75) is 77.5 Å². The molecule has 0 aliphatic heterocycles. The van der Waals surface area contributed by atoms with E-state index in [1.807, 2.05) is 19.9 Å². The van der Waals surface area contributed by atoms with Crippen molar-refractivity contribution < 1.29 is 24.3 Å². The Labute approximate surface area is 224 Å². The summed E-state index contributed by atoms with van der Waals surface area (Å²) in [5.74, 6) is -3.21. The number of nitrogens with two attached hydrogens (primary N) is 3. The largest absolute Gasteiger partial charge is 0.480 e. The van der Waals surface area contributed by atoms with Gasteiger partial charge in [-0.25, -0.2) is 4.79 Å². The van der Waals surface area contributed by atoms with Gasteiger partial charge in [0.1, 0.15) is 18.1 Å². The zero-order chi connectivity index (χ0) is 28.8. The number of nitrogens with zero attached hydrogens (tertiary/aromatic N) is 1. The van der Waals surface area contributed by atoms with Crippen LogP contribution in [-0.2, 0) is 25.6 Å². The van der Waals surface area contributed by atoms with Crippen molar-refractivity contribution in [1.29, 1.82) is 0 Å². The molecule has 0 aliphatic carbocycles. The molecule has 12 nitrogen and oxygen atoms in total. The normalized spacial score (nSPS) is 14.2. The summed E-state index contributed by atoms with van der Waals surface area (Å²) in [6.07, 6.45) is 1.20. The van der Waals surface area contributed by atoms with E-state index < -0.39 is 47.9 Å². The molecule has 0 radical (unpaired) electrons. The first kappa shape index (κ1) is 32.4. The maximum Gasteiger partial charge on any atom is 0.326 e. The van der Waals surface area contributed by atoms with Crippen molar-refractivity contribution in [3.05, 3.63) is 35.9 Å². The molecular weight excluding hydrogens is 490 g/mol. The zero-order valence-electron chi connectivity index (χ0n) is 22.6. The molecule has 1 aromatic carbocycles. The van der Waals surface area contributed by atoms with Gasteiger partial charge in [0.15, 0.2) is 5.96 Å². The quantitative estimate of drug-likeness (QED) is 0.0859. The molecule has 0 spiro atoms. The molecule has 38 heavy (non-hydrogen) atoms. The van der Waals surface area contributed by atoms with Gasteiger partial charge >= 0.3 is 5.97 Å². The van der Waals surface area contributed by atoms with E-state index in [9.17, 15) is 24.3 Å². The molecule has 0 bridgehead atoms. The summed E-state index contributed by atoms with van der Waals surface area (Å²) >= 11 is 0. The van der Waals surface area contributed by atoms with E-state index in [0.717, 1.165) is 5.56 Å². The maximum atomic E-state index is 13.2. The second-order valence-corrected chi connectivity index (χ2v) is 10.1. The first-order chi connectivity index (χ1) is 17.8.